The van der Waals surface area contributed by atoms with Crippen LogP contribution in [0.3, 0.4) is 0 Å². The van der Waals surface area contributed by atoms with Gasteiger partial charge in [0.25, 0.3) is 0 Å². The Hall–Kier alpha value is -1.90. The van der Waals surface area contributed by atoms with Crippen molar-refractivity contribution in [3.05, 3.63) is 83.4 Å². The van der Waals surface area contributed by atoms with Gasteiger partial charge in [-0.2, -0.15) is 0 Å². The number of rotatable bonds is 10. The second-order valence-electron chi connectivity index (χ2n) is 7.72. The van der Waals surface area contributed by atoms with E-state index in [0.29, 0.717) is 5.92 Å². The summed E-state index contributed by atoms with van der Waals surface area (Å²) in [4.78, 5) is 2.36. The third kappa shape index (κ3) is 12.6. The Labute approximate surface area is 187 Å². The van der Waals surface area contributed by atoms with Gasteiger partial charge >= 0.3 is 0 Å². The van der Waals surface area contributed by atoms with E-state index in [1.807, 2.05) is 19.9 Å². The van der Waals surface area contributed by atoms with Crippen LogP contribution in [-0.2, 0) is 25.9 Å². The molecule has 2 rings (SSSR count). The van der Waals surface area contributed by atoms with E-state index in [4.69, 9.17) is 5.73 Å². The highest BCUT2D eigenvalue weighted by Crippen LogP contribution is 2.11. The molecule has 0 saturated carbocycles. The van der Waals surface area contributed by atoms with Gasteiger partial charge in [0, 0.05) is 13.1 Å². The van der Waals surface area contributed by atoms with Crippen LogP contribution >= 0.6 is 0 Å². The maximum atomic E-state index is 5.38. The lowest BCUT2D eigenvalue weighted by Gasteiger charge is -2.17. The lowest BCUT2D eigenvalue weighted by atomic mass is 10.1. The summed E-state index contributed by atoms with van der Waals surface area (Å²) < 4.78 is 0. The molecule has 0 heterocycles. The van der Waals surface area contributed by atoms with Crippen LogP contribution in [0.1, 0.15) is 69.7 Å². The minimum Gasteiger partial charge on any atom is -0.330 e. The van der Waals surface area contributed by atoms with Crippen molar-refractivity contribution in [2.75, 3.05) is 13.6 Å². The molecular formula is C28H46N2. The average molecular weight is 411 g/mol. The fourth-order valence-electron chi connectivity index (χ4n) is 2.96. The van der Waals surface area contributed by atoms with Crippen molar-refractivity contribution in [1.29, 1.82) is 0 Å². The van der Waals surface area contributed by atoms with Crippen molar-refractivity contribution in [1.82, 2.24) is 4.90 Å². The first-order valence-electron chi connectivity index (χ1n) is 11.7. The molecule has 2 N–H and O–H groups in total. The van der Waals surface area contributed by atoms with Crippen molar-refractivity contribution in [2.45, 2.75) is 73.4 Å². The van der Waals surface area contributed by atoms with Gasteiger partial charge in [-0.3, -0.25) is 4.90 Å². The standard InChI is InChI=1S/C19H25N.C7H15N.C2H6/c1-4-16-6-10-18(11-7-16)14-20(3)15-19-12-8-17(5-2)9-13-19;1-3-4-5-7(2)6-8;1-2/h6-13H,4-5,14-15H2,1-3H3;3,7H,1,4-6,8H2,2H3;1-2H3. The molecule has 0 amide bonds. The van der Waals surface area contributed by atoms with Crippen molar-refractivity contribution < 1.29 is 0 Å². The second kappa shape index (κ2) is 17.9. The molecule has 0 aliphatic heterocycles. The molecule has 1 unspecified atom stereocenters. The van der Waals surface area contributed by atoms with Gasteiger partial charge in [0.2, 0.25) is 0 Å². The summed E-state index contributed by atoms with van der Waals surface area (Å²) in [6.07, 6.45) is 6.43. The molecule has 30 heavy (non-hydrogen) atoms. The lowest BCUT2D eigenvalue weighted by molar-refractivity contribution is 0.319. The highest BCUT2D eigenvalue weighted by atomic mass is 15.1. The normalized spacial score (nSPS) is 11.1. The molecule has 168 valence electrons. The Balaban J connectivity index is 0.000000712. The monoisotopic (exact) mass is 410 g/mol. The molecular weight excluding hydrogens is 364 g/mol. The number of aryl methyl sites for hydroxylation is 2. The maximum Gasteiger partial charge on any atom is 0.0234 e. The molecule has 0 saturated heterocycles. The first-order chi connectivity index (χ1) is 14.5. The second-order valence-corrected chi connectivity index (χ2v) is 7.72. The first-order valence-corrected chi connectivity index (χ1v) is 11.7. The summed E-state index contributed by atoms with van der Waals surface area (Å²) in [5.74, 6) is 0.660. The van der Waals surface area contributed by atoms with E-state index in [-0.39, 0.29) is 0 Å². The van der Waals surface area contributed by atoms with E-state index in [1.165, 1.54) is 28.7 Å². The fraction of sp³-hybridized carbons (Fsp3) is 0.500. The third-order valence-electron chi connectivity index (χ3n) is 5.03. The molecule has 0 aliphatic rings. The van der Waals surface area contributed by atoms with Crippen molar-refractivity contribution in [2.24, 2.45) is 11.7 Å². The van der Waals surface area contributed by atoms with Gasteiger partial charge in [-0.15, -0.1) is 6.58 Å². The van der Waals surface area contributed by atoms with Crippen LogP contribution in [0, 0.1) is 5.92 Å². The summed E-state index contributed by atoms with van der Waals surface area (Å²) >= 11 is 0. The molecule has 0 bridgehead atoms. The SMILES string of the molecule is C=CCCC(C)CN.CC.CCc1ccc(CN(C)Cc2ccc(CC)cc2)cc1. The Morgan fingerprint density at radius 1 is 0.833 bits per heavy atom. The maximum absolute atomic E-state index is 5.38. The van der Waals surface area contributed by atoms with Gasteiger partial charge in [0.1, 0.15) is 0 Å². The Morgan fingerprint density at radius 2 is 1.20 bits per heavy atom. The first kappa shape index (κ1) is 28.1. The van der Waals surface area contributed by atoms with E-state index in [1.54, 1.807) is 0 Å². The molecule has 0 spiro atoms. The number of nitrogens with two attached hydrogens (primary N) is 1. The zero-order chi connectivity index (χ0) is 22.8. The average Bonchev–Trinajstić information content (AvgIpc) is 2.80. The van der Waals surface area contributed by atoms with Gasteiger partial charge in [0.15, 0.2) is 0 Å². The Bertz CT molecular complexity index is 594. The predicted molar refractivity (Wildman–Crippen MR) is 136 cm³/mol. The smallest absolute Gasteiger partial charge is 0.0234 e. The molecule has 0 aliphatic carbocycles. The van der Waals surface area contributed by atoms with Crippen LogP contribution in [0.15, 0.2) is 61.2 Å². The largest absolute Gasteiger partial charge is 0.330 e. The number of allylic oxidation sites excluding steroid dienone is 1. The minimum atomic E-state index is 0.660. The van der Waals surface area contributed by atoms with Crippen molar-refractivity contribution in [3.63, 3.8) is 0 Å². The van der Waals surface area contributed by atoms with Gasteiger partial charge in [-0.25, -0.2) is 0 Å². The summed E-state index contributed by atoms with van der Waals surface area (Å²) in [6, 6.07) is 17.9. The molecule has 2 aromatic carbocycles. The highest BCUT2D eigenvalue weighted by Gasteiger charge is 2.02. The summed E-state index contributed by atoms with van der Waals surface area (Å²) in [6.45, 7) is 17.0. The van der Waals surface area contributed by atoms with Gasteiger partial charge in [-0.1, -0.05) is 89.2 Å². The van der Waals surface area contributed by atoms with Crippen LogP contribution in [0.5, 0.6) is 0 Å². The number of hydrogen-bond acceptors (Lipinski definition) is 2. The molecule has 0 aromatic heterocycles. The quantitative estimate of drug-likeness (QED) is 0.426. The van der Waals surface area contributed by atoms with Crippen LogP contribution in [0.2, 0.25) is 0 Å². The summed E-state index contributed by atoms with van der Waals surface area (Å²) in [5, 5.41) is 0. The number of hydrogen-bond donors (Lipinski definition) is 1. The highest BCUT2D eigenvalue weighted by molar-refractivity contribution is 5.24. The van der Waals surface area contributed by atoms with E-state index in [0.717, 1.165) is 38.9 Å². The Kier molecular flexibility index (Phi) is 16.8. The Morgan fingerprint density at radius 3 is 1.50 bits per heavy atom. The van der Waals surface area contributed by atoms with Crippen molar-refractivity contribution >= 4 is 0 Å². The van der Waals surface area contributed by atoms with Gasteiger partial charge in [0.05, 0.1) is 0 Å². The summed E-state index contributed by atoms with van der Waals surface area (Å²) in [5.41, 5.74) is 11.0. The van der Waals surface area contributed by atoms with Crippen LogP contribution in [0.4, 0.5) is 0 Å². The van der Waals surface area contributed by atoms with Gasteiger partial charge in [-0.05, 0) is 67.4 Å². The molecule has 2 nitrogen and oxygen atoms in total. The topological polar surface area (TPSA) is 29.3 Å². The molecule has 1 atom stereocenters. The number of nitrogens with zero attached hydrogens (tertiary/aromatic N) is 1. The lowest BCUT2D eigenvalue weighted by Crippen LogP contribution is -2.17. The summed E-state index contributed by atoms with van der Waals surface area (Å²) in [7, 11) is 2.18. The van der Waals surface area contributed by atoms with Crippen molar-refractivity contribution in [3.8, 4) is 0 Å². The third-order valence-corrected chi connectivity index (χ3v) is 5.03. The predicted octanol–water partition coefficient (Wildman–Crippen LogP) is 7.02. The fourth-order valence-corrected chi connectivity index (χ4v) is 2.96. The van der Waals surface area contributed by atoms with Gasteiger partial charge < -0.3 is 5.73 Å². The minimum absolute atomic E-state index is 0.660. The zero-order valence-electron chi connectivity index (χ0n) is 20.5. The molecule has 0 fully saturated rings. The van der Waals surface area contributed by atoms with Crippen LogP contribution < -0.4 is 5.73 Å². The molecule has 2 heteroatoms. The molecule has 0 radical (unpaired) electrons. The van der Waals surface area contributed by atoms with E-state index in [9.17, 15) is 0 Å². The number of benzene rings is 2. The van der Waals surface area contributed by atoms with Crippen LogP contribution in [-0.4, -0.2) is 18.5 Å². The van der Waals surface area contributed by atoms with E-state index < -0.39 is 0 Å². The van der Waals surface area contributed by atoms with E-state index >= 15 is 0 Å². The molecule has 2 aromatic rings. The zero-order valence-corrected chi connectivity index (χ0v) is 20.5. The van der Waals surface area contributed by atoms with Crippen LogP contribution in [0.25, 0.3) is 0 Å². The van der Waals surface area contributed by atoms with E-state index in [2.05, 4.69) is 87.8 Å².